The van der Waals surface area contributed by atoms with Crippen molar-refractivity contribution in [1.82, 2.24) is 0 Å². The average Bonchev–Trinajstić information content (AvgIpc) is 3.01. The lowest BCUT2D eigenvalue weighted by atomic mass is 9.60. The third-order valence-corrected chi connectivity index (χ3v) is 11.3. The van der Waals surface area contributed by atoms with E-state index in [0.29, 0.717) is 29.5 Å². The molecule has 0 N–H and O–H groups in total. The van der Waals surface area contributed by atoms with Crippen molar-refractivity contribution >= 4 is 0 Å². The zero-order chi connectivity index (χ0) is 31.0. The largest absolute Gasteiger partial charge is 0.465 e. The van der Waals surface area contributed by atoms with Crippen molar-refractivity contribution in [2.24, 2.45) is 17.3 Å². The van der Waals surface area contributed by atoms with Crippen LogP contribution < -0.4 is 4.74 Å². The van der Waals surface area contributed by atoms with Crippen LogP contribution in [0.2, 0.25) is 0 Å². The van der Waals surface area contributed by atoms with Gasteiger partial charge in [-0.05, 0) is 142 Å². The normalized spacial score (nSPS) is 26.0. The van der Waals surface area contributed by atoms with Gasteiger partial charge in [0.1, 0.15) is 5.75 Å². The van der Waals surface area contributed by atoms with Gasteiger partial charge in [-0.1, -0.05) is 77.9 Å². The zero-order valence-electron chi connectivity index (χ0n) is 28.7. The first-order valence-electron chi connectivity index (χ1n) is 17.7. The van der Waals surface area contributed by atoms with E-state index in [9.17, 15) is 0 Å². The topological polar surface area (TPSA) is 27.7 Å². The first-order chi connectivity index (χ1) is 20.6. The Morgan fingerprint density at radius 3 is 1.53 bits per heavy atom. The van der Waals surface area contributed by atoms with E-state index in [4.69, 9.17) is 14.2 Å². The number of hydrogen-bond donors (Lipinski definition) is 0. The SMILES string of the molecule is CCC(C)c1ccc(CC(C)OC2CCC(C(C)(C)C3CCC(OC(C)Oc4ccc(C(C)CC)cc4)CC3)CC2)cc1. The van der Waals surface area contributed by atoms with Gasteiger partial charge in [-0.25, -0.2) is 0 Å². The third-order valence-electron chi connectivity index (χ3n) is 11.3. The first-order valence-corrected chi connectivity index (χ1v) is 17.7. The van der Waals surface area contributed by atoms with Crippen molar-refractivity contribution in [3.8, 4) is 5.75 Å². The Kier molecular flexibility index (Phi) is 12.6. The summed E-state index contributed by atoms with van der Waals surface area (Å²) in [7, 11) is 0. The van der Waals surface area contributed by atoms with E-state index in [1.165, 1.54) is 61.6 Å². The summed E-state index contributed by atoms with van der Waals surface area (Å²) in [5.41, 5.74) is 4.59. The van der Waals surface area contributed by atoms with Gasteiger partial charge in [-0.3, -0.25) is 0 Å². The van der Waals surface area contributed by atoms with E-state index < -0.39 is 0 Å². The van der Waals surface area contributed by atoms with Gasteiger partial charge in [0.05, 0.1) is 18.3 Å². The van der Waals surface area contributed by atoms with Gasteiger partial charge >= 0.3 is 0 Å². The van der Waals surface area contributed by atoms with Crippen molar-refractivity contribution < 1.29 is 14.2 Å². The van der Waals surface area contributed by atoms with Crippen LogP contribution in [0.3, 0.4) is 0 Å². The van der Waals surface area contributed by atoms with Crippen LogP contribution in [-0.4, -0.2) is 24.6 Å². The monoisotopic (exact) mass is 590 g/mol. The number of rotatable bonds is 14. The fourth-order valence-corrected chi connectivity index (χ4v) is 7.75. The maximum Gasteiger partial charge on any atom is 0.197 e. The molecule has 43 heavy (non-hydrogen) atoms. The average molecular weight is 591 g/mol. The maximum atomic E-state index is 6.59. The molecule has 0 saturated heterocycles. The molecule has 240 valence electrons. The van der Waals surface area contributed by atoms with E-state index >= 15 is 0 Å². The molecule has 0 heterocycles. The summed E-state index contributed by atoms with van der Waals surface area (Å²) >= 11 is 0. The Morgan fingerprint density at radius 1 is 0.628 bits per heavy atom. The molecule has 0 bridgehead atoms. The Morgan fingerprint density at radius 2 is 1.07 bits per heavy atom. The van der Waals surface area contributed by atoms with Crippen LogP contribution in [0.15, 0.2) is 48.5 Å². The lowest BCUT2D eigenvalue weighted by molar-refractivity contribution is -0.126. The molecule has 3 nitrogen and oxygen atoms in total. The third kappa shape index (κ3) is 9.57. The summed E-state index contributed by atoms with van der Waals surface area (Å²) in [5, 5.41) is 0. The maximum absolute atomic E-state index is 6.59. The summed E-state index contributed by atoms with van der Waals surface area (Å²) < 4.78 is 19.1. The quantitative estimate of drug-likeness (QED) is 0.205. The van der Waals surface area contributed by atoms with Crippen molar-refractivity contribution in [3.05, 3.63) is 65.2 Å². The van der Waals surface area contributed by atoms with Crippen LogP contribution in [0.4, 0.5) is 0 Å². The highest BCUT2D eigenvalue weighted by Gasteiger charge is 2.41. The molecule has 3 heteroatoms. The lowest BCUT2D eigenvalue weighted by Crippen LogP contribution is -2.40. The fraction of sp³-hybridized carbons (Fsp3) is 0.700. The van der Waals surface area contributed by atoms with Crippen LogP contribution in [0.25, 0.3) is 0 Å². The molecule has 0 radical (unpaired) electrons. The van der Waals surface area contributed by atoms with E-state index in [0.717, 1.165) is 43.3 Å². The van der Waals surface area contributed by atoms with Gasteiger partial charge in [0.25, 0.3) is 0 Å². The summed E-state index contributed by atoms with van der Waals surface area (Å²) in [6.07, 6.45) is 13.9. The van der Waals surface area contributed by atoms with Crippen LogP contribution in [0.1, 0.15) is 148 Å². The van der Waals surface area contributed by atoms with Gasteiger partial charge in [0.2, 0.25) is 0 Å². The van der Waals surface area contributed by atoms with Crippen LogP contribution in [0.5, 0.6) is 5.75 Å². The molecule has 2 saturated carbocycles. The summed E-state index contributed by atoms with van der Waals surface area (Å²) in [6, 6.07) is 17.8. The molecule has 2 fully saturated rings. The highest BCUT2D eigenvalue weighted by molar-refractivity contribution is 5.29. The molecule has 2 aromatic carbocycles. The van der Waals surface area contributed by atoms with E-state index in [1.807, 2.05) is 6.92 Å². The molecule has 0 aromatic heterocycles. The molecule has 2 aliphatic rings. The second-order valence-corrected chi connectivity index (χ2v) is 14.7. The highest BCUT2D eigenvalue weighted by atomic mass is 16.7. The minimum Gasteiger partial charge on any atom is -0.465 e. The molecular formula is C40H62O3. The molecule has 0 spiro atoms. The minimum absolute atomic E-state index is 0.217. The fourth-order valence-electron chi connectivity index (χ4n) is 7.75. The Labute approximate surface area is 264 Å². The van der Waals surface area contributed by atoms with Crippen LogP contribution in [-0.2, 0) is 15.9 Å². The lowest BCUT2D eigenvalue weighted by Gasteiger charge is -2.47. The number of ether oxygens (including phenoxy) is 3. The Balaban J connectivity index is 1.16. The van der Waals surface area contributed by atoms with E-state index in [1.54, 1.807) is 0 Å². The second kappa shape index (κ2) is 15.9. The highest BCUT2D eigenvalue weighted by Crippen LogP contribution is 2.49. The Bertz CT molecular complexity index is 972. The molecule has 0 amide bonds. The summed E-state index contributed by atoms with van der Waals surface area (Å²) in [5.74, 6) is 3.69. The molecule has 2 aromatic rings. The van der Waals surface area contributed by atoms with Crippen molar-refractivity contribution in [1.29, 1.82) is 0 Å². The molecule has 4 unspecified atom stereocenters. The number of benzene rings is 2. The van der Waals surface area contributed by atoms with Crippen LogP contribution >= 0.6 is 0 Å². The second-order valence-electron chi connectivity index (χ2n) is 14.7. The zero-order valence-corrected chi connectivity index (χ0v) is 28.7. The molecular weight excluding hydrogens is 528 g/mol. The Hall–Kier alpha value is -1.84. The van der Waals surface area contributed by atoms with E-state index in [-0.39, 0.29) is 12.4 Å². The predicted octanol–water partition coefficient (Wildman–Crippen LogP) is 11.2. The van der Waals surface area contributed by atoms with Gasteiger partial charge in [0.15, 0.2) is 6.29 Å². The predicted molar refractivity (Wildman–Crippen MR) is 181 cm³/mol. The molecule has 0 aliphatic heterocycles. The summed E-state index contributed by atoms with van der Waals surface area (Å²) in [4.78, 5) is 0. The molecule has 4 rings (SSSR count). The van der Waals surface area contributed by atoms with Gasteiger partial charge in [0, 0.05) is 0 Å². The van der Waals surface area contributed by atoms with Gasteiger partial charge in [-0.15, -0.1) is 0 Å². The van der Waals surface area contributed by atoms with Gasteiger partial charge < -0.3 is 14.2 Å². The minimum atomic E-state index is -0.217. The molecule has 2 aliphatic carbocycles. The van der Waals surface area contributed by atoms with Crippen molar-refractivity contribution in [3.63, 3.8) is 0 Å². The van der Waals surface area contributed by atoms with Crippen LogP contribution in [0, 0.1) is 17.3 Å². The van der Waals surface area contributed by atoms with Gasteiger partial charge in [-0.2, -0.15) is 0 Å². The first kappa shape index (κ1) is 34.0. The van der Waals surface area contributed by atoms with Crippen molar-refractivity contribution in [2.45, 2.75) is 162 Å². The number of hydrogen-bond acceptors (Lipinski definition) is 3. The van der Waals surface area contributed by atoms with E-state index in [2.05, 4.69) is 97.0 Å². The molecule has 4 atom stereocenters. The smallest absolute Gasteiger partial charge is 0.197 e. The summed E-state index contributed by atoms with van der Waals surface area (Å²) in [6.45, 7) is 18.5. The van der Waals surface area contributed by atoms with Crippen molar-refractivity contribution in [2.75, 3.05) is 0 Å². The standard InChI is InChI=1S/C40H62O3/c1-9-28(3)33-13-11-32(12-14-33)27-30(5)41-37-23-17-35(18-24-37)40(7,8)36-19-25-39(26-20-36)43-31(6)42-38-21-15-34(16-22-38)29(4)10-2/h11-16,21-22,28-31,35-37,39H,9-10,17-20,23-27H2,1-8H3.